The van der Waals surface area contributed by atoms with Crippen LogP contribution in [0.2, 0.25) is 0 Å². The molecule has 0 saturated heterocycles. The van der Waals surface area contributed by atoms with Crippen LogP contribution in [0.5, 0.6) is 0 Å². The molecule has 0 aliphatic rings. The zero-order valence-electron chi connectivity index (χ0n) is 7.29. The van der Waals surface area contributed by atoms with E-state index < -0.39 is 0 Å². The fourth-order valence-corrected chi connectivity index (χ4v) is 1.61. The van der Waals surface area contributed by atoms with E-state index in [1.807, 2.05) is 0 Å². The normalized spacial score (nSPS) is 10.9. The molecule has 4 heteroatoms. The highest BCUT2D eigenvalue weighted by Gasteiger charge is 2.20. The Kier molecular flexibility index (Phi) is 2.40. The summed E-state index contributed by atoms with van der Waals surface area (Å²) in [6.45, 7) is 6.18. The number of nitrogens with zero attached hydrogens (tertiary/aromatic N) is 2. The highest BCUT2D eigenvalue weighted by Crippen LogP contribution is 2.33. The lowest BCUT2D eigenvalue weighted by atomic mass is 9.94. The molecule has 3 nitrogen and oxygen atoms in total. The Morgan fingerprint density at radius 3 is 2.75 bits per heavy atom. The van der Waals surface area contributed by atoms with Crippen LogP contribution in [0.15, 0.2) is 11.2 Å². The Balaban J connectivity index is 3.16. The van der Waals surface area contributed by atoms with Gasteiger partial charge in [-0.25, -0.2) is 4.79 Å². The first-order valence-electron chi connectivity index (χ1n) is 3.58. The maximum absolute atomic E-state index is 10.0. The van der Waals surface area contributed by atoms with Gasteiger partial charge < -0.3 is 0 Å². The molecule has 0 bridgehead atoms. The van der Waals surface area contributed by atoms with Crippen molar-refractivity contribution in [3.8, 4) is 0 Å². The van der Waals surface area contributed by atoms with E-state index in [4.69, 9.17) is 0 Å². The standard InChI is InChI=1S/C8H10N2OS/c1-8(2,3)7-6(9-5-11)4-10-12-7/h4H,1-3H3. The van der Waals surface area contributed by atoms with E-state index in [1.54, 1.807) is 6.20 Å². The zero-order valence-corrected chi connectivity index (χ0v) is 8.10. The molecule has 12 heavy (non-hydrogen) atoms. The van der Waals surface area contributed by atoms with Crippen LogP contribution in [0, 0.1) is 0 Å². The SMILES string of the molecule is CC(C)(C)c1sncc1N=C=O. The molecule has 0 saturated carbocycles. The third-order valence-electron chi connectivity index (χ3n) is 1.40. The van der Waals surface area contributed by atoms with Crippen molar-refractivity contribution in [3.05, 3.63) is 11.1 Å². The summed E-state index contributed by atoms with van der Waals surface area (Å²) >= 11 is 1.37. The number of rotatable bonds is 1. The maximum atomic E-state index is 10.0. The fraction of sp³-hybridized carbons (Fsp3) is 0.500. The Morgan fingerprint density at radius 1 is 1.58 bits per heavy atom. The quantitative estimate of drug-likeness (QED) is 0.494. The van der Waals surface area contributed by atoms with Crippen molar-refractivity contribution in [1.82, 2.24) is 4.37 Å². The van der Waals surface area contributed by atoms with Crippen molar-refractivity contribution in [1.29, 1.82) is 0 Å². The van der Waals surface area contributed by atoms with Crippen LogP contribution in [-0.2, 0) is 10.2 Å². The van der Waals surface area contributed by atoms with Crippen molar-refractivity contribution >= 4 is 23.3 Å². The van der Waals surface area contributed by atoms with Gasteiger partial charge in [0.25, 0.3) is 0 Å². The molecule has 0 N–H and O–H groups in total. The molecule has 0 unspecified atom stereocenters. The maximum Gasteiger partial charge on any atom is 0.240 e. The van der Waals surface area contributed by atoms with Crippen molar-refractivity contribution in [3.63, 3.8) is 0 Å². The van der Waals surface area contributed by atoms with Crippen LogP contribution in [0.4, 0.5) is 5.69 Å². The van der Waals surface area contributed by atoms with Gasteiger partial charge in [0.15, 0.2) is 0 Å². The monoisotopic (exact) mass is 182 g/mol. The molecule has 0 aliphatic heterocycles. The lowest BCUT2D eigenvalue weighted by Gasteiger charge is -2.15. The van der Waals surface area contributed by atoms with Gasteiger partial charge in [0.05, 0.1) is 11.1 Å². The number of hydrogen-bond acceptors (Lipinski definition) is 4. The molecular formula is C8H10N2OS. The molecule has 0 aromatic carbocycles. The minimum Gasteiger partial charge on any atom is -0.211 e. The van der Waals surface area contributed by atoms with Gasteiger partial charge in [-0.3, -0.25) is 0 Å². The Morgan fingerprint density at radius 2 is 2.25 bits per heavy atom. The van der Waals surface area contributed by atoms with Gasteiger partial charge in [0.1, 0.15) is 5.69 Å². The molecule has 0 fully saturated rings. The van der Waals surface area contributed by atoms with E-state index >= 15 is 0 Å². The third-order valence-corrected chi connectivity index (χ3v) is 2.61. The molecule has 64 valence electrons. The van der Waals surface area contributed by atoms with E-state index in [9.17, 15) is 4.79 Å². The van der Waals surface area contributed by atoms with Crippen LogP contribution in [-0.4, -0.2) is 10.5 Å². The van der Waals surface area contributed by atoms with Gasteiger partial charge in [0.2, 0.25) is 6.08 Å². The number of isocyanates is 1. The van der Waals surface area contributed by atoms with E-state index in [-0.39, 0.29) is 5.41 Å². The number of carbonyl (C=O) groups excluding carboxylic acids is 1. The second-order valence-corrected chi connectivity index (χ2v) is 4.29. The number of aliphatic imine (C=N–C) groups is 1. The first-order chi connectivity index (χ1) is 5.55. The van der Waals surface area contributed by atoms with Crippen molar-refractivity contribution in [2.45, 2.75) is 26.2 Å². The summed E-state index contributed by atoms with van der Waals surface area (Å²) in [5.74, 6) is 0. The number of hydrogen-bond donors (Lipinski definition) is 0. The van der Waals surface area contributed by atoms with Gasteiger partial charge >= 0.3 is 0 Å². The first kappa shape index (κ1) is 9.10. The van der Waals surface area contributed by atoms with Gasteiger partial charge in [-0.15, -0.1) is 0 Å². The van der Waals surface area contributed by atoms with E-state index in [0.717, 1.165) is 4.88 Å². The van der Waals surface area contributed by atoms with Crippen LogP contribution in [0.25, 0.3) is 0 Å². The minimum absolute atomic E-state index is 0.00312. The predicted molar refractivity (Wildman–Crippen MR) is 48.6 cm³/mol. The van der Waals surface area contributed by atoms with Crippen molar-refractivity contribution in [2.24, 2.45) is 4.99 Å². The molecule has 1 aromatic rings. The third kappa shape index (κ3) is 1.78. The lowest BCUT2D eigenvalue weighted by Crippen LogP contribution is -2.08. The summed E-state index contributed by atoms with van der Waals surface area (Å²) in [7, 11) is 0. The van der Waals surface area contributed by atoms with Crippen molar-refractivity contribution in [2.75, 3.05) is 0 Å². The molecular weight excluding hydrogens is 172 g/mol. The molecule has 1 aromatic heterocycles. The Hall–Kier alpha value is -0.990. The average molecular weight is 182 g/mol. The van der Waals surface area contributed by atoms with Crippen LogP contribution in [0.1, 0.15) is 25.6 Å². The van der Waals surface area contributed by atoms with Crippen LogP contribution >= 0.6 is 11.5 Å². The van der Waals surface area contributed by atoms with E-state index in [2.05, 4.69) is 30.1 Å². The second kappa shape index (κ2) is 3.17. The van der Waals surface area contributed by atoms with Crippen LogP contribution < -0.4 is 0 Å². The molecule has 1 rings (SSSR count). The zero-order chi connectivity index (χ0) is 9.19. The molecule has 0 atom stereocenters. The Labute approximate surface area is 75.3 Å². The summed E-state index contributed by atoms with van der Waals surface area (Å²) in [5, 5.41) is 0. The van der Waals surface area contributed by atoms with Gasteiger partial charge in [0, 0.05) is 5.41 Å². The van der Waals surface area contributed by atoms with Crippen molar-refractivity contribution < 1.29 is 4.79 Å². The fourth-order valence-electron chi connectivity index (χ4n) is 0.884. The topological polar surface area (TPSA) is 42.3 Å². The van der Waals surface area contributed by atoms with E-state index in [1.165, 1.54) is 17.6 Å². The molecule has 1 heterocycles. The van der Waals surface area contributed by atoms with Crippen LogP contribution in [0.3, 0.4) is 0 Å². The molecule has 0 radical (unpaired) electrons. The first-order valence-corrected chi connectivity index (χ1v) is 4.36. The smallest absolute Gasteiger partial charge is 0.211 e. The molecule has 0 aliphatic carbocycles. The Bertz CT molecular complexity index is 318. The summed E-state index contributed by atoms with van der Waals surface area (Å²) in [5.41, 5.74) is 0.638. The number of aromatic nitrogens is 1. The highest BCUT2D eigenvalue weighted by molar-refractivity contribution is 7.06. The summed E-state index contributed by atoms with van der Waals surface area (Å²) in [6.07, 6.45) is 3.12. The highest BCUT2D eigenvalue weighted by atomic mass is 32.1. The second-order valence-electron chi connectivity index (χ2n) is 3.49. The van der Waals surface area contributed by atoms with E-state index in [0.29, 0.717) is 5.69 Å². The van der Waals surface area contributed by atoms with Gasteiger partial charge in [-0.05, 0) is 11.5 Å². The summed E-state index contributed by atoms with van der Waals surface area (Å²) < 4.78 is 3.98. The predicted octanol–water partition coefficient (Wildman–Crippen LogP) is 2.41. The van der Waals surface area contributed by atoms with Gasteiger partial charge in [-0.1, -0.05) is 20.8 Å². The largest absolute Gasteiger partial charge is 0.240 e. The molecule has 0 amide bonds. The van der Waals surface area contributed by atoms with Gasteiger partial charge in [-0.2, -0.15) is 9.37 Å². The average Bonchev–Trinajstić information content (AvgIpc) is 2.34. The minimum atomic E-state index is -0.00312. The molecule has 0 spiro atoms. The summed E-state index contributed by atoms with van der Waals surface area (Å²) in [4.78, 5) is 14.6. The summed E-state index contributed by atoms with van der Waals surface area (Å²) in [6, 6.07) is 0. The lowest BCUT2D eigenvalue weighted by molar-refractivity contribution is 0.565.